The van der Waals surface area contributed by atoms with Crippen LogP contribution in [0.1, 0.15) is 72.6 Å². The average molecular weight is 286 g/mol. The van der Waals surface area contributed by atoms with Crippen molar-refractivity contribution in [3.05, 3.63) is 0 Å². The molecule has 114 valence electrons. The Bertz CT molecular complexity index is 217. The van der Waals surface area contributed by atoms with Gasteiger partial charge in [0.1, 0.15) is 0 Å². The van der Waals surface area contributed by atoms with Crippen LogP contribution in [-0.2, 0) is 0 Å². The number of rotatable bonds is 9. The third-order valence-electron chi connectivity index (χ3n) is 4.28. The van der Waals surface area contributed by atoms with Crippen molar-refractivity contribution < 1.29 is 0 Å². The third kappa shape index (κ3) is 7.04. The van der Waals surface area contributed by atoms with Crippen molar-refractivity contribution in [1.29, 1.82) is 0 Å². The number of hydrogen-bond donors (Lipinski definition) is 1. The lowest BCUT2D eigenvalue weighted by Crippen LogP contribution is -2.43. The molecule has 0 spiro atoms. The summed E-state index contributed by atoms with van der Waals surface area (Å²) in [6.45, 7) is 10.5. The minimum absolute atomic E-state index is 0.783. The van der Waals surface area contributed by atoms with Crippen LogP contribution in [0, 0.1) is 11.8 Å². The summed E-state index contributed by atoms with van der Waals surface area (Å²) in [6, 6.07) is 0.783. The van der Waals surface area contributed by atoms with Gasteiger partial charge in [0.15, 0.2) is 0 Å². The Morgan fingerprint density at radius 2 is 1.95 bits per heavy atom. The van der Waals surface area contributed by atoms with Gasteiger partial charge in [-0.05, 0) is 56.2 Å². The van der Waals surface area contributed by atoms with Gasteiger partial charge in [-0.2, -0.15) is 11.8 Å². The van der Waals surface area contributed by atoms with Crippen LogP contribution in [0.15, 0.2) is 0 Å². The fourth-order valence-electron chi connectivity index (χ4n) is 3.08. The van der Waals surface area contributed by atoms with E-state index in [2.05, 4.69) is 44.8 Å². The molecular formula is C17H35NS. The highest BCUT2D eigenvalue weighted by atomic mass is 32.2. The molecule has 19 heavy (non-hydrogen) atoms. The van der Waals surface area contributed by atoms with E-state index >= 15 is 0 Å². The van der Waals surface area contributed by atoms with E-state index in [4.69, 9.17) is 0 Å². The van der Waals surface area contributed by atoms with E-state index in [-0.39, 0.29) is 0 Å². The molecule has 1 saturated carbocycles. The van der Waals surface area contributed by atoms with Gasteiger partial charge in [-0.1, -0.05) is 40.5 Å². The summed E-state index contributed by atoms with van der Waals surface area (Å²) in [5, 5.41) is 4.67. The van der Waals surface area contributed by atoms with Gasteiger partial charge in [0.05, 0.1) is 0 Å². The largest absolute Gasteiger partial charge is 0.313 e. The van der Waals surface area contributed by atoms with Crippen molar-refractivity contribution in [1.82, 2.24) is 5.32 Å². The summed E-state index contributed by atoms with van der Waals surface area (Å²) in [7, 11) is 0. The number of nitrogens with one attached hydrogen (secondary N) is 1. The van der Waals surface area contributed by atoms with Gasteiger partial charge in [-0.25, -0.2) is 0 Å². The number of hydrogen-bond acceptors (Lipinski definition) is 2. The highest BCUT2D eigenvalue weighted by Gasteiger charge is 2.29. The van der Waals surface area contributed by atoms with E-state index in [9.17, 15) is 0 Å². The predicted molar refractivity (Wildman–Crippen MR) is 90.0 cm³/mol. The highest BCUT2D eigenvalue weighted by Crippen LogP contribution is 2.35. The first-order chi connectivity index (χ1) is 9.17. The maximum Gasteiger partial charge on any atom is 0.0203 e. The van der Waals surface area contributed by atoms with Crippen molar-refractivity contribution in [2.45, 2.75) is 83.9 Å². The molecule has 0 aromatic carbocycles. The van der Waals surface area contributed by atoms with Crippen molar-refractivity contribution in [2.75, 3.05) is 12.3 Å². The first-order valence-corrected chi connectivity index (χ1v) is 9.57. The summed E-state index contributed by atoms with van der Waals surface area (Å²) in [6.07, 6.45) is 9.76. The van der Waals surface area contributed by atoms with Crippen molar-refractivity contribution in [2.24, 2.45) is 11.8 Å². The Balaban J connectivity index is 2.40. The van der Waals surface area contributed by atoms with Gasteiger partial charge in [0, 0.05) is 11.3 Å². The summed E-state index contributed by atoms with van der Waals surface area (Å²) < 4.78 is 0. The quantitative estimate of drug-likeness (QED) is 0.632. The predicted octanol–water partition coefficient (Wildman–Crippen LogP) is 5.10. The first kappa shape index (κ1) is 17.4. The van der Waals surface area contributed by atoms with Gasteiger partial charge >= 0.3 is 0 Å². The maximum atomic E-state index is 3.80. The maximum absolute atomic E-state index is 3.80. The second kappa shape index (κ2) is 10.1. The molecule has 0 heterocycles. The lowest BCUT2D eigenvalue weighted by molar-refractivity contribution is 0.287. The van der Waals surface area contributed by atoms with Crippen LogP contribution in [0.4, 0.5) is 0 Å². The van der Waals surface area contributed by atoms with Gasteiger partial charge < -0.3 is 5.32 Å². The average Bonchev–Trinajstić information content (AvgIpc) is 2.38. The Labute approximate surface area is 125 Å². The van der Waals surface area contributed by atoms with Crippen LogP contribution in [0.2, 0.25) is 0 Å². The van der Waals surface area contributed by atoms with E-state index in [1.807, 2.05) is 0 Å². The van der Waals surface area contributed by atoms with Crippen LogP contribution in [0.5, 0.6) is 0 Å². The molecule has 0 aliphatic heterocycles. The molecular weight excluding hydrogens is 250 g/mol. The molecule has 3 unspecified atom stereocenters. The second-order valence-electron chi connectivity index (χ2n) is 6.62. The smallest absolute Gasteiger partial charge is 0.0203 e. The Hall–Kier alpha value is 0.310. The van der Waals surface area contributed by atoms with E-state index in [0.717, 1.165) is 23.1 Å². The highest BCUT2D eigenvalue weighted by molar-refractivity contribution is 7.99. The van der Waals surface area contributed by atoms with E-state index < -0.39 is 0 Å². The standard InChI is InChI=1S/C17H35NS/c1-5-7-15-8-9-16(18-11-6-2)17(13-15)19-12-10-14(3)4/h14-18H,5-13H2,1-4H3. The fraction of sp³-hybridized carbons (Fsp3) is 1.00. The minimum Gasteiger partial charge on any atom is -0.313 e. The van der Waals surface area contributed by atoms with E-state index in [0.29, 0.717) is 0 Å². The lowest BCUT2D eigenvalue weighted by Gasteiger charge is -2.36. The van der Waals surface area contributed by atoms with Crippen molar-refractivity contribution in [3.63, 3.8) is 0 Å². The Morgan fingerprint density at radius 3 is 2.58 bits per heavy atom. The van der Waals surface area contributed by atoms with Crippen LogP contribution in [0.25, 0.3) is 0 Å². The zero-order chi connectivity index (χ0) is 14.1. The molecule has 1 fully saturated rings. The van der Waals surface area contributed by atoms with Crippen LogP contribution in [-0.4, -0.2) is 23.6 Å². The van der Waals surface area contributed by atoms with Gasteiger partial charge in [-0.15, -0.1) is 0 Å². The molecule has 2 heteroatoms. The normalized spacial score (nSPS) is 27.9. The molecule has 1 nitrogen and oxygen atoms in total. The molecule has 0 amide bonds. The third-order valence-corrected chi connectivity index (χ3v) is 5.70. The summed E-state index contributed by atoms with van der Waals surface area (Å²) in [4.78, 5) is 0. The minimum atomic E-state index is 0.783. The topological polar surface area (TPSA) is 12.0 Å². The molecule has 0 saturated heterocycles. The number of thioether (sulfide) groups is 1. The zero-order valence-electron chi connectivity index (χ0n) is 13.6. The lowest BCUT2D eigenvalue weighted by atomic mass is 9.83. The van der Waals surface area contributed by atoms with Gasteiger partial charge in [-0.3, -0.25) is 0 Å². The molecule has 0 radical (unpaired) electrons. The first-order valence-electron chi connectivity index (χ1n) is 8.52. The van der Waals surface area contributed by atoms with Crippen LogP contribution in [0.3, 0.4) is 0 Å². The molecule has 0 bridgehead atoms. The van der Waals surface area contributed by atoms with Crippen LogP contribution < -0.4 is 5.32 Å². The molecule has 1 rings (SSSR count). The molecule has 1 aliphatic rings. The molecule has 0 aromatic rings. The molecule has 3 atom stereocenters. The van der Waals surface area contributed by atoms with Crippen molar-refractivity contribution in [3.8, 4) is 0 Å². The Kier molecular flexibility index (Phi) is 9.23. The Morgan fingerprint density at radius 1 is 1.16 bits per heavy atom. The molecule has 1 aliphatic carbocycles. The van der Waals surface area contributed by atoms with Crippen molar-refractivity contribution >= 4 is 11.8 Å². The monoisotopic (exact) mass is 285 g/mol. The van der Waals surface area contributed by atoms with Crippen LogP contribution >= 0.6 is 11.8 Å². The SMILES string of the molecule is CCCNC1CCC(CCC)CC1SCCC(C)C. The van der Waals surface area contributed by atoms with Gasteiger partial charge in [0.25, 0.3) is 0 Å². The molecule has 1 N–H and O–H groups in total. The molecule has 0 aromatic heterocycles. The summed E-state index contributed by atoms with van der Waals surface area (Å²) in [5.74, 6) is 3.21. The van der Waals surface area contributed by atoms with E-state index in [1.165, 1.54) is 57.2 Å². The second-order valence-corrected chi connectivity index (χ2v) is 7.97. The van der Waals surface area contributed by atoms with Gasteiger partial charge in [0.2, 0.25) is 0 Å². The summed E-state index contributed by atoms with van der Waals surface area (Å²) in [5.41, 5.74) is 0. The fourth-order valence-corrected chi connectivity index (χ4v) is 4.87. The zero-order valence-corrected chi connectivity index (χ0v) is 14.4. The van der Waals surface area contributed by atoms with E-state index in [1.54, 1.807) is 0 Å². The summed E-state index contributed by atoms with van der Waals surface area (Å²) >= 11 is 2.25.